The van der Waals surface area contributed by atoms with Crippen molar-refractivity contribution in [2.24, 2.45) is 5.92 Å². The molecule has 2 N–H and O–H groups in total. The molecule has 0 aliphatic heterocycles. The van der Waals surface area contributed by atoms with Crippen LogP contribution in [0.4, 0.5) is 0 Å². The number of nitrogens with zero attached hydrogens (tertiary/aromatic N) is 3. The number of aromatic nitrogens is 3. The molecule has 28 heavy (non-hydrogen) atoms. The minimum Gasteiger partial charge on any atom is -0.456 e. The average Bonchev–Trinajstić information content (AvgIpc) is 3.33. The minimum atomic E-state index is -0.576. The minimum absolute atomic E-state index is 0.281. The number of nitrogens with one attached hydrogen (secondary N) is 1. The second-order valence-electron chi connectivity index (χ2n) is 7.03. The number of benzene rings is 1. The Hall–Kier alpha value is -3.19. The molecule has 1 fully saturated rings. The molecular formula is C21H22N4O3. The lowest BCUT2D eigenvalue weighted by Gasteiger charge is -2.17. The van der Waals surface area contributed by atoms with E-state index in [2.05, 4.69) is 15.3 Å². The summed E-state index contributed by atoms with van der Waals surface area (Å²) in [6, 6.07) is 10.6. The average molecular weight is 378 g/mol. The zero-order valence-corrected chi connectivity index (χ0v) is 15.3. The highest BCUT2D eigenvalue weighted by atomic mass is 16.5. The topological polar surface area (TPSA) is 89.3 Å². The fourth-order valence-corrected chi connectivity index (χ4v) is 3.62. The predicted molar refractivity (Wildman–Crippen MR) is 103 cm³/mol. The van der Waals surface area contributed by atoms with Crippen molar-refractivity contribution in [2.45, 2.75) is 31.5 Å². The van der Waals surface area contributed by atoms with Gasteiger partial charge in [0.05, 0.1) is 18.5 Å². The lowest BCUT2D eigenvalue weighted by molar-refractivity contribution is 0.0870. The molecule has 1 aliphatic rings. The van der Waals surface area contributed by atoms with E-state index in [1.54, 1.807) is 24.8 Å². The lowest BCUT2D eigenvalue weighted by Crippen LogP contribution is -2.40. The zero-order valence-electron chi connectivity index (χ0n) is 15.3. The molecule has 2 aromatic heterocycles. The highest BCUT2D eigenvalue weighted by Crippen LogP contribution is 2.29. The molecule has 2 heterocycles. The molecule has 4 rings (SSSR count). The van der Waals surface area contributed by atoms with Gasteiger partial charge in [-0.15, -0.1) is 0 Å². The first-order valence-electron chi connectivity index (χ1n) is 9.30. The van der Waals surface area contributed by atoms with E-state index >= 15 is 0 Å². The Labute approximate surface area is 163 Å². The third-order valence-electron chi connectivity index (χ3n) is 4.97. The van der Waals surface area contributed by atoms with Crippen LogP contribution in [0.2, 0.25) is 0 Å². The number of carbonyl (C=O) groups is 1. The van der Waals surface area contributed by atoms with Crippen LogP contribution >= 0.6 is 0 Å². The Balaban J connectivity index is 1.42. The Morgan fingerprint density at radius 2 is 2.04 bits per heavy atom. The van der Waals surface area contributed by atoms with E-state index in [1.165, 1.54) is 6.20 Å². The van der Waals surface area contributed by atoms with Crippen LogP contribution in [0.5, 0.6) is 11.5 Å². The number of para-hydroxylation sites is 1. The van der Waals surface area contributed by atoms with Gasteiger partial charge < -0.3 is 19.7 Å². The maximum atomic E-state index is 12.8. The summed E-state index contributed by atoms with van der Waals surface area (Å²) >= 11 is 0. The van der Waals surface area contributed by atoms with Crippen molar-refractivity contribution >= 4 is 5.91 Å². The SMILES string of the molecule is O=C(N[C@@H]1CC(Cn2ccnc2)C[C@H]1O)c1cnccc1Oc1ccccc1. The standard InChI is InChI=1S/C21H22N4O3/c26-19-11-15(13-25-9-8-23-14-25)10-18(19)24-21(27)17-12-22-7-6-20(17)28-16-4-2-1-3-5-16/h1-9,12,14-15,18-19,26H,10-11,13H2,(H,24,27)/t15?,18-,19-/m1/s1. The second-order valence-corrected chi connectivity index (χ2v) is 7.03. The van der Waals surface area contributed by atoms with Crippen molar-refractivity contribution in [3.8, 4) is 11.5 Å². The maximum Gasteiger partial charge on any atom is 0.256 e. The number of aliphatic hydroxyl groups excluding tert-OH is 1. The third kappa shape index (κ3) is 4.20. The van der Waals surface area contributed by atoms with Gasteiger partial charge >= 0.3 is 0 Å². The van der Waals surface area contributed by atoms with Crippen LogP contribution in [0, 0.1) is 5.92 Å². The maximum absolute atomic E-state index is 12.8. The molecule has 1 aliphatic carbocycles. The summed E-state index contributed by atoms with van der Waals surface area (Å²) in [7, 11) is 0. The zero-order chi connectivity index (χ0) is 19.3. The highest BCUT2D eigenvalue weighted by molar-refractivity contribution is 5.96. The van der Waals surface area contributed by atoms with Crippen LogP contribution < -0.4 is 10.1 Å². The van der Waals surface area contributed by atoms with Gasteiger partial charge in [-0.2, -0.15) is 0 Å². The summed E-state index contributed by atoms with van der Waals surface area (Å²) in [6.45, 7) is 0.776. The van der Waals surface area contributed by atoms with Crippen LogP contribution in [0.3, 0.4) is 0 Å². The van der Waals surface area contributed by atoms with Crippen molar-refractivity contribution < 1.29 is 14.6 Å². The summed E-state index contributed by atoms with van der Waals surface area (Å²) in [4.78, 5) is 20.9. The molecule has 0 radical (unpaired) electrons. The number of imidazole rings is 1. The number of amides is 1. The molecule has 1 aromatic carbocycles. The fourth-order valence-electron chi connectivity index (χ4n) is 3.62. The van der Waals surface area contributed by atoms with Crippen molar-refractivity contribution in [1.82, 2.24) is 19.9 Å². The lowest BCUT2D eigenvalue weighted by atomic mass is 10.1. The normalized spacial score (nSPS) is 21.4. The number of ether oxygens (including phenoxy) is 1. The molecule has 144 valence electrons. The van der Waals surface area contributed by atoms with Gasteiger partial charge in [-0.05, 0) is 37.0 Å². The molecule has 1 amide bonds. The van der Waals surface area contributed by atoms with Gasteiger partial charge in [0.1, 0.15) is 17.1 Å². The van der Waals surface area contributed by atoms with Gasteiger partial charge in [0, 0.05) is 31.3 Å². The van der Waals surface area contributed by atoms with E-state index in [0.717, 1.165) is 6.54 Å². The molecule has 3 atom stereocenters. The van der Waals surface area contributed by atoms with Crippen LogP contribution in [0.1, 0.15) is 23.2 Å². The number of hydrogen-bond donors (Lipinski definition) is 2. The Morgan fingerprint density at radius 1 is 1.18 bits per heavy atom. The van der Waals surface area contributed by atoms with Crippen molar-refractivity contribution in [3.05, 3.63) is 73.1 Å². The molecule has 1 unspecified atom stereocenters. The fraction of sp³-hybridized carbons (Fsp3) is 0.286. The van der Waals surface area contributed by atoms with Gasteiger partial charge in [0.15, 0.2) is 0 Å². The van der Waals surface area contributed by atoms with Gasteiger partial charge in [0.2, 0.25) is 0 Å². The number of pyridine rings is 1. The van der Waals surface area contributed by atoms with E-state index in [9.17, 15) is 9.90 Å². The second kappa shape index (κ2) is 8.22. The van der Waals surface area contributed by atoms with E-state index in [0.29, 0.717) is 29.9 Å². The number of rotatable bonds is 6. The van der Waals surface area contributed by atoms with Crippen LogP contribution in [0.15, 0.2) is 67.5 Å². The van der Waals surface area contributed by atoms with Gasteiger partial charge in [-0.3, -0.25) is 9.78 Å². The van der Waals surface area contributed by atoms with Crippen LogP contribution in [-0.4, -0.2) is 37.7 Å². The van der Waals surface area contributed by atoms with E-state index < -0.39 is 6.10 Å². The molecule has 0 spiro atoms. The summed E-state index contributed by atoms with van der Waals surface area (Å²) < 4.78 is 7.83. The van der Waals surface area contributed by atoms with Gasteiger partial charge in [-0.1, -0.05) is 18.2 Å². The van der Waals surface area contributed by atoms with E-state index in [-0.39, 0.29) is 17.9 Å². The number of hydrogen-bond acceptors (Lipinski definition) is 5. The molecule has 7 nitrogen and oxygen atoms in total. The van der Waals surface area contributed by atoms with E-state index in [1.807, 2.05) is 41.1 Å². The van der Waals surface area contributed by atoms with Crippen molar-refractivity contribution in [2.75, 3.05) is 0 Å². The Morgan fingerprint density at radius 3 is 2.82 bits per heavy atom. The first-order valence-corrected chi connectivity index (χ1v) is 9.30. The molecule has 7 heteroatoms. The highest BCUT2D eigenvalue weighted by Gasteiger charge is 2.34. The first kappa shape index (κ1) is 18.2. The van der Waals surface area contributed by atoms with Gasteiger partial charge in [-0.25, -0.2) is 4.98 Å². The molecule has 0 bridgehead atoms. The summed E-state index contributed by atoms with van der Waals surface area (Å²) in [6.07, 6.45) is 9.25. The van der Waals surface area contributed by atoms with Gasteiger partial charge in [0.25, 0.3) is 5.91 Å². The quantitative estimate of drug-likeness (QED) is 0.688. The predicted octanol–water partition coefficient (Wildman–Crippen LogP) is 2.64. The first-order chi connectivity index (χ1) is 13.7. The smallest absolute Gasteiger partial charge is 0.256 e. The summed E-state index contributed by atoms with van der Waals surface area (Å²) in [5.74, 6) is 1.06. The van der Waals surface area contributed by atoms with Crippen molar-refractivity contribution in [3.63, 3.8) is 0 Å². The molecule has 0 saturated heterocycles. The number of carbonyl (C=O) groups excluding carboxylic acids is 1. The Bertz CT molecular complexity index is 914. The summed E-state index contributed by atoms with van der Waals surface area (Å²) in [5, 5.41) is 13.3. The molecular weight excluding hydrogens is 356 g/mol. The van der Waals surface area contributed by atoms with Crippen LogP contribution in [-0.2, 0) is 6.54 Å². The monoisotopic (exact) mass is 378 g/mol. The van der Waals surface area contributed by atoms with E-state index in [4.69, 9.17) is 4.74 Å². The number of aliphatic hydroxyl groups is 1. The van der Waals surface area contributed by atoms with Crippen LogP contribution in [0.25, 0.3) is 0 Å². The molecule has 3 aromatic rings. The third-order valence-corrected chi connectivity index (χ3v) is 4.97. The summed E-state index contributed by atoms with van der Waals surface area (Å²) in [5.41, 5.74) is 0.344. The molecule has 1 saturated carbocycles. The Kier molecular flexibility index (Phi) is 5.34. The van der Waals surface area contributed by atoms with Crippen molar-refractivity contribution in [1.29, 1.82) is 0 Å². The largest absolute Gasteiger partial charge is 0.456 e.